The second kappa shape index (κ2) is 11.2. The lowest BCUT2D eigenvalue weighted by Crippen LogP contribution is -2.25. The standard InChI is InChI=1S/C21H21ClN4O6/c22-14-8-13-9-15(12-26-20(28)17(11-23)19-24-2-1-3-25-19)32-18(13)16(10-14)21(29)31-7-6-30-5-4-27/h1-3,8-11,27H,4-7,12,23H2,(H,26,28)/b17-11+. The lowest BCUT2D eigenvalue weighted by molar-refractivity contribution is -0.115. The number of nitrogens with zero attached hydrogens (tertiary/aromatic N) is 2. The fourth-order valence-corrected chi connectivity index (χ4v) is 3.03. The molecule has 0 unspecified atom stereocenters. The molecule has 2 aromatic heterocycles. The third-order valence-electron chi connectivity index (χ3n) is 4.19. The highest BCUT2D eigenvalue weighted by atomic mass is 35.5. The average molecular weight is 461 g/mol. The number of hydrogen-bond donors (Lipinski definition) is 3. The van der Waals surface area contributed by atoms with E-state index >= 15 is 0 Å². The predicted molar refractivity (Wildman–Crippen MR) is 115 cm³/mol. The van der Waals surface area contributed by atoms with Crippen LogP contribution >= 0.6 is 11.6 Å². The van der Waals surface area contributed by atoms with Crippen LogP contribution in [0.5, 0.6) is 0 Å². The molecule has 0 atom stereocenters. The Bertz CT molecular complexity index is 1120. The van der Waals surface area contributed by atoms with Crippen molar-refractivity contribution < 1.29 is 28.6 Å². The first-order valence-corrected chi connectivity index (χ1v) is 9.96. The Morgan fingerprint density at radius 3 is 2.69 bits per heavy atom. The second-order valence-electron chi connectivity index (χ2n) is 6.39. The van der Waals surface area contributed by atoms with Crippen LogP contribution in [0.1, 0.15) is 21.9 Å². The highest BCUT2D eigenvalue weighted by Gasteiger charge is 2.19. The van der Waals surface area contributed by atoms with Crippen LogP contribution in [0.15, 0.2) is 47.3 Å². The van der Waals surface area contributed by atoms with Gasteiger partial charge in [0.15, 0.2) is 5.82 Å². The number of nitrogens with one attached hydrogen (secondary N) is 1. The maximum atomic E-state index is 12.5. The SMILES string of the molecule is N/C=C(/C(=O)NCc1cc2cc(Cl)cc(C(=O)OCCOCCO)c2o1)c1ncccn1. The lowest BCUT2D eigenvalue weighted by Gasteiger charge is -2.07. The Morgan fingerprint density at radius 1 is 1.19 bits per heavy atom. The summed E-state index contributed by atoms with van der Waals surface area (Å²) in [6, 6.07) is 6.36. The normalized spacial score (nSPS) is 11.5. The molecule has 168 valence electrons. The smallest absolute Gasteiger partial charge is 0.342 e. The summed E-state index contributed by atoms with van der Waals surface area (Å²) >= 11 is 6.13. The molecule has 0 radical (unpaired) electrons. The van der Waals surface area contributed by atoms with Crippen LogP contribution in [0.25, 0.3) is 16.5 Å². The number of aliphatic hydroxyl groups excluding tert-OH is 1. The van der Waals surface area contributed by atoms with E-state index in [9.17, 15) is 9.59 Å². The predicted octanol–water partition coefficient (Wildman–Crippen LogP) is 1.66. The van der Waals surface area contributed by atoms with Crippen molar-refractivity contribution >= 4 is 40.0 Å². The van der Waals surface area contributed by atoms with Crippen LogP contribution in [0.3, 0.4) is 0 Å². The minimum absolute atomic E-state index is 0.00617. The third kappa shape index (κ3) is 5.82. The molecule has 10 nitrogen and oxygen atoms in total. The van der Waals surface area contributed by atoms with E-state index in [1.807, 2.05) is 0 Å². The molecule has 0 aliphatic carbocycles. The van der Waals surface area contributed by atoms with Crippen molar-refractivity contribution in [2.75, 3.05) is 26.4 Å². The van der Waals surface area contributed by atoms with Gasteiger partial charge in [-0.1, -0.05) is 11.6 Å². The van der Waals surface area contributed by atoms with Crippen LogP contribution in [-0.2, 0) is 20.8 Å². The number of amides is 1. The fraction of sp³-hybridized carbons (Fsp3) is 0.238. The largest absolute Gasteiger partial charge is 0.460 e. The average Bonchev–Trinajstić information content (AvgIpc) is 3.20. The van der Waals surface area contributed by atoms with Crippen molar-refractivity contribution in [3.05, 3.63) is 65.0 Å². The van der Waals surface area contributed by atoms with Gasteiger partial charge in [0.1, 0.15) is 23.5 Å². The summed E-state index contributed by atoms with van der Waals surface area (Å²) in [4.78, 5) is 33.0. The van der Waals surface area contributed by atoms with Crippen molar-refractivity contribution in [3.8, 4) is 0 Å². The minimum Gasteiger partial charge on any atom is -0.460 e. The number of carbonyl (C=O) groups is 2. The summed E-state index contributed by atoms with van der Waals surface area (Å²) in [5, 5.41) is 12.3. The highest BCUT2D eigenvalue weighted by molar-refractivity contribution is 6.32. The first kappa shape index (κ1) is 23.2. The Balaban J connectivity index is 1.70. The molecule has 0 bridgehead atoms. The Hall–Kier alpha value is -3.47. The van der Waals surface area contributed by atoms with Crippen molar-refractivity contribution in [2.24, 2.45) is 5.73 Å². The molecule has 1 aromatic carbocycles. The molecule has 0 aliphatic rings. The quantitative estimate of drug-likeness (QED) is 0.233. The van der Waals surface area contributed by atoms with Crippen LogP contribution in [-0.4, -0.2) is 53.4 Å². The van der Waals surface area contributed by atoms with Crippen molar-refractivity contribution in [2.45, 2.75) is 6.54 Å². The summed E-state index contributed by atoms with van der Waals surface area (Å²) in [6.45, 7) is 0.220. The van der Waals surface area contributed by atoms with E-state index < -0.39 is 11.9 Å². The van der Waals surface area contributed by atoms with E-state index in [-0.39, 0.29) is 55.5 Å². The van der Waals surface area contributed by atoms with Gasteiger partial charge < -0.3 is 30.0 Å². The van der Waals surface area contributed by atoms with Gasteiger partial charge in [0.05, 0.1) is 31.9 Å². The summed E-state index contributed by atoms with van der Waals surface area (Å²) < 4.78 is 16.0. The second-order valence-corrected chi connectivity index (χ2v) is 6.83. The Labute approximate surface area is 188 Å². The molecule has 0 spiro atoms. The minimum atomic E-state index is -0.635. The van der Waals surface area contributed by atoms with E-state index in [4.69, 9.17) is 36.3 Å². The first-order valence-electron chi connectivity index (χ1n) is 9.58. The molecule has 1 amide bonds. The molecule has 0 fully saturated rings. The van der Waals surface area contributed by atoms with E-state index in [1.54, 1.807) is 18.2 Å². The summed E-state index contributed by atoms with van der Waals surface area (Å²) in [6.07, 6.45) is 4.13. The van der Waals surface area contributed by atoms with Crippen LogP contribution in [0.2, 0.25) is 5.02 Å². The zero-order valence-corrected chi connectivity index (χ0v) is 17.7. The van der Waals surface area contributed by atoms with Gasteiger partial charge in [0.25, 0.3) is 5.91 Å². The number of halogens is 1. The topological polar surface area (TPSA) is 150 Å². The number of ether oxygens (including phenoxy) is 2. The maximum Gasteiger partial charge on any atom is 0.342 e. The van der Waals surface area contributed by atoms with Gasteiger partial charge in [0, 0.05) is 29.0 Å². The summed E-state index contributed by atoms with van der Waals surface area (Å²) in [5.41, 5.74) is 6.09. The number of benzene rings is 1. The summed E-state index contributed by atoms with van der Waals surface area (Å²) in [5.74, 6) is -0.539. The van der Waals surface area contributed by atoms with E-state index in [1.165, 1.54) is 18.5 Å². The number of rotatable bonds is 10. The number of aliphatic hydroxyl groups is 1. The molecule has 3 aromatic rings. The Morgan fingerprint density at radius 2 is 1.97 bits per heavy atom. The van der Waals surface area contributed by atoms with Gasteiger partial charge in [0.2, 0.25) is 0 Å². The van der Waals surface area contributed by atoms with Crippen molar-refractivity contribution in [1.29, 1.82) is 0 Å². The maximum absolute atomic E-state index is 12.5. The van der Waals surface area contributed by atoms with Gasteiger partial charge in [-0.2, -0.15) is 0 Å². The highest BCUT2D eigenvalue weighted by Crippen LogP contribution is 2.28. The number of furan rings is 1. The van der Waals surface area contributed by atoms with Crippen LogP contribution in [0, 0.1) is 0 Å². The molecule has 4 N–H and O–H groups in total. The zero-order valence-electron chi connectivity index (χ0n) is 16.9. The van der Waals surface area contributed by atoms with Gasteiger partial charge in [-0.3, -0.25) is 4.79 Å². The van der Waals surface area contributed by atoms with E-state index in [0.29, 0.717) is 16.2 Å². The van der Waals surface area contributed by atoms with Crippen molar-refractivity contribution in [1.82, 2.24) is 15.3 Å². The summed E-state index contributed by atoms with van der Waals surface area (Å²) in [7, 11) is 0. The van der Waals surface area contributed by atoms with E-state index in [0.717, 1.165) is 6.20 Å². The molecule has 11 heteroatoms. The number of aromatic nitrogens is 2. The van der Waals surface area contributed by atoms with Gasteiger partial charge in [-0.25, -0.2) is 14.8 Å². The molecular formula is C21H21ClN4O6. The molecular weight excluding hydrogens is 440 g/mol. The number of carbonyl (C=O) groups excluding carboxylic acids is 2. The van der Waals surface area contributed by atoms with Crippen molar-refractivity contribution in [3.63, 3.8) is 0 Å². The first-order chi connectivity index (χ1) is 15.5. The molecule has 0 saturated carbocycles. The lowest BCUT2D eigenvalue weighted by atomic mass is 10.1. The molecule has 0 aliphatic heterocycles. The fourth-order valence-electron chi connectivity index (χ4n) is 2.80. The Kier molecular flexibility index (Phi) is 8.14. The zero-order chi connectivity index (χ0) is 22.9. The monoisotopic (exact) mass is 460 g/mol. The molecule has 32 heavy (non-hydrogen) atoms. The third-order valence-corrected chi connectivity index (χ3v) is 4.41. The number of fused-ring (bicyclic) bond motifs is 1. The van der Waals surface area contributed by atoms with E-state index in [2.05, 4.69) is 15.3 Å². The molecule has 0 saturated heterocycles. The van der Waals surface area contributed by atoms with Gasteiger partial charge in [-0.15, -0.1) is 0 Å². The molecule has 2 heterocycles. The molecule has 3 rings (SSSR count). The van der Waals surface area contributed by atoms with Crippen LogP contribution < -0.4 is 11.1 Å². The van der Waals surface area contributed by atoms with Gasteiger partial charge in [-0.05, 0) is 24.3 Å². The number of nitrogens with two attached hydrogens (primary N) is 1. The number of esters is 1. The number of hydrogen-bond acceptors (Lipinski definition) is 9. The van der Waals surface area contributed by atoms with Gasteiger partial charge >= 0.3 is 5.97 Å². The van der Waals surface area contributed by atoms with Crippen LogP contribution in [0.4, 0.5) is 0 Å².